The van der Waals surface area contributed by atoms with Crippen molar-refractivity contribution in [1.82, 2.24) is 15.2 Å². The largest absolute Gasteiger partial charge is 0.348 e. The predicted octanol–water partition coefficient (Wildman–Crippen LogP) is 2.16. The summed E-state index contributed by atoms with van der Waals surface area (Å²) in [7, 11) is 2.02. The molecule has 0 saturated heterocycles. The number of nitrogens with one attached hydrogen (secondary N) is 2. The fraction of sp³-hybridized carbons (Fsp3) is 0.667. The lowest BCUT2D eigenvalue weighted by molar-refractivity contribution is 0.0915. The smallest absolute Gasteiger partial charge is 0.268 e. The molecule has 1 aliphatic rings. The van der Waals surface area contributed by atoms with Crippen LogP contribution in [0, 0.1) is 0 Å². The summed E-state index contributed by atoms with van der Waals surface area (Å²) in [5.41, 5.74) is 0.789. The van der Waals surface area contributed by atoms with Gasteiger partial charge >= 0.3 is 0 Å². The molecule has 19 heavy (non-hydrogen) atoms. The lowest BCUT2D eigenvalue weighted by atomic mass is 9.91. The summed E-state index contributed by atoms with van der Waals surface area (Å²) < 4.78 is 2.04. The van der Waals surface area contributed by atoms with Crippen molar-refractivity contribution in [2.45, 2.75) is 57.7 Å². The van der Waals surface area contributed by atoms with Gasteiger partial charge in [-0.15, -0.1) is 0 Å². The van der Waals surface area contributed by atoms with Crippen LogP contribution in [0.1, 0.15) is 49.5 Å². The fourth-order valence-electron chi connectivity index (χ4n) is 2.84. The molecule has 0 radical (unpaired) electrons. The van der Waals surface area contributed by atoms with Crippen LogP contribution in [0.3, 0.4) is 0 Å². The van der Waals surface area contributed by atoms with Crippen LogP contribution in [0.5, 0.6) is 0 Å². The second-order valence-electron chi connectivity index (χ2n) is 5.40. The molecule has 0 aromatic carbocycles. The Hall–Kier alpha value is -1.29. The van der Waals surface area contributed by atoms with Gasteiger partial charge in [-0.05, 0) is 51.3 Å². The molecule has 0 aliphatic heterocycles. The zero-order valence-electron chi connectivity index (χ0n) is 12.0. The Morgan fingerprint density at radius 3 is 2.63 bits per heavy atom. The number of rotatable bonds is 5. The first-order valence-corrected chi connectivity index (χ1v) is 7.37. The van der Waals surface area contributed by atoms with Crippen molar-refractivity contribution in [1.29, 1.82) is 0 Å². The third-order valence-corrected chi connectivity index (χ3v) is 4.00. The molecule has 1 amide bonds. The van der Waals surface area contributed by atoms with E-state index < -0.39 is 0 Å². The minimum absolute atomic E-state index is 0.0753. The highest BCUT2D eigenvalue weighted by Gasteiger charge is 2.22. The molecule has 1 fully saturated rings. The number of aromatic nitrogens is 1. The maximum Gasteiger partial charge on any atom is 0.268 e. The van der Waals surface area contributed by atoms with Gasteiger partial charge in [-0.2, -0.15) is 0 Å². The number of amides is 1. The van der Waals surface area contributed by atoms with Crippen molar-refractivity contribution in [3.8, 4) is 0 Å². The summed E-state index contributed by atoms with van der Waals surface area (Å²) in [5.74, 6) is 0.0753. The van der Waals surface area contributed by atoms with Crippen molar-refractivity contribution >= 4 is 5.91 Å². The normalized spacial score (nSPS) is 23.3. The van der Waals surface area contributed by atoms with Crippen molar-refractivity contribution < 1.29 is 4.79 Å². The molecule has 2 rings (SSSR count). The van der Waals surface area contributed by atoms with Crippen LogP contribution in [0.4, 0.5) is 0 Å². The standard InChI is InChI=1S/C15H25N3O/c1-3-10-18-11-4-5-14(18)15(19)17-13-8-6-12(16-2)7-9-13/h4-5,11-13,16H,3,6-10H2,1-2H3,(H,17,19). The van der Waals surface area contributed by atoms with Gasteiger partial charge in [0, 0.05) is 24.8 Å². The maximum absolute atomic E-state index is 12.3. The monoisotopic (exact) mass is 263 g/mol. The van der Waals surface area contributed by atoms with E-state index in [-0.39, 0.29) is 5.91 Å². The molecule has 1 aromatic rings. The highest BCUT2D eigenvalue weighted by Crippen LogP contribution is 2.18. The molecule has 0 unspecified atom stereocenters. The van der Waals surface area contributed by atoms with E-state index >= 15 is 0 Å². The number of carbonyl (C=O) groups excluding carboxylic acids is 1. The van der Waals surface area contributed by atoms with E-state index in [9.17, 15) is 4.79 Å². The molecular formula is C15H25N3O. The second kappa shape index (κ2) is 6.75. The molecule has 0 atom stereocenters. The van der Waals surface area contributed by atoms with Crippen molar-refractivity contribution in [3.63, 3.8) is 0 Å². The molecule has 1 aliphatic carbocycles. The number of carbonyl (C=O) groups is 1. The van der Waals surface area contributed by atoms with Gasteiger partial charge in [-0.25, -0.2) is 0 Å². The van der Waals surface area contributed by atoms with E-state index in [0.29, 0.717) is 12.1 Å². The van der Waals surface area contributed by atoms with Crippen LogP contribution >= 0.6 is 0 Å². The van der Waals surface area contributed by atoms with Crippen LogP contribution in [0.2, 0.25) is 0 Å². The molecule has 2 N–H and O–H groups in total. The Bertz CT molecular complexity index is 405. The number of hydrogen-bond donors (Lipinski definition) is 2. The molecule has 1 heterocycles. The van der Waals surface area contributed by atoms with E-state index in [0.717, 1.165) is 44.3 Å². The van der Waals surface area contributed by atoms with Gasteiger partial charge in [-0.3, -0.25) is 4.79 Å². The average Bonchev–Trinajstić information content (AvgIpc) is 2.88. The summed E-state index contributed by atoms with van der Waals surface area (Å²) in [6.07, 6.45) is 7.48. The zero-order chi connectivity index (χ0) is 13.7. The summed E-state index contributed by atoms with van der Waals surface area (Å²) in [4.78, 5) is 12.3. The molecular weight excluding hydrogens is 238 g/mol. The van der Waals surface area contributed by atoms with Gasteiger partial charge in [0.05, 0.1) is 0 Å². The first-order chi connectivity index (χ1) is 9.24. The molecule has 4 nitrogen and oxygen atoms in total. The summed E-state index contributed by atoms with van der Waals surface area (Å²) in [6, 6.07) is 4.81. The van der Waals surface area contributed by atoms with E-state index in [2.05, 4.69) is 17.6 Å². The van der Waals surface area contributed by atoms with Crippen LogP contribution in [-0.4, -0.2) is 29.6 Å². The van der Waals surface area contributed by atoms with Gasteiger partial charge in [-0.1, -0.05) is 6.92 Å². The van der Waals surface area contributed by atoms with E-state index in [1.807, 2.05) is 29.9 Å². The Morgan fingerprint density at radius 2 is 2.00 bits per heavy atom. The molecule has 4 heteroatoms. The molecule has 1 saturated carbocycles. The van der Waals surface area contributed by atoms with E-state index in [1.165, 1.54) is 0 Å². The molecule has 0 spiro atoms. The number of nitrogens with zero attached hydrogens (tertiary/aromatic N) is 1. The van der Waals surface area contributed by atoms with Gasteiger partial charge in [0.15, 0.2) is 0 Å². The predicted molar refractivity (Wildman–Crippen MR) is 77.3 cm³/mol. The Kier molecular flexibility index (Phi) is 5.02. The van der Waals surface area contributed by atoms with Gasteiger partial charge < -0.3 is 15.2 Å². The van der Waals surface area contributed by atoms with Gasteiger partial charge in [0.1, 0.15) is 5.69 Å². The number of hydrogen-bond acceptors (Lipinski definition) is 2. The minimum atomic E-state index is 0.0753. The average molecular weight is 263 g/mol. The summed E-state index contributed by atoms with van der Waals surface area (Å²) >= 11 is 0. The van der Waals surface area contributed by atoms with Crippen molar-refractivity contribution in [3.05, 3.63) is 24.0 Å². The SMILES string of the molecule is CCCn1cccc1C(=O)NC1CCC(NC)CC1. The van der Waals surface area contributed by atoms with Crippen LogP contribution in [-0.2, 0) is 6.54 Å². The fourth-order valence-corrected chi connectivity index (χ4v) is 2.84. The van der Waals surface area contributed by atoms with Crippen molar-refractivity contribution in [2.24, 2.45) is 0 Å². The molecule has 106 valence electrons. The highest BCUT2D eigenvalue weighted by atomic mass is 16.2. The maximum atomic E-state index is 12.3. The first-order valence-electron chi connectivity index (χ1n) is 7.37. The Balaban J connectivity index is 1.89. The first kappa shape index (κ1) is 14.1. The van der Waals surface area contributed by atoms with Crippen LogP contribution < -0.4 is 10.6 Å². The summed E-state index contributed by atoms with van der Waals surface area (Å²) in [6.45, 7) is 3.03. The number of aryl methyl sites for hydroxylation is 1. The Morgan fingerprint density at radius 1 is 1.32 bits per heavy atom. The van der Waals surface area contributed by atoms with Crippen LogP contribution in [0.15, 0.2) is 18.3 Å². The summed E-state index contributed by atoms with van der Waals surface area (Å²) in [5, 5.41) is 6.49. The van der Waals surface area contributed by atoms with Crippen molar-refractivity contribution in [2.75, 3.05) is 7.05 Å². The molecule has 1 aromatic heterocycles. The van der Waals surface area contributed by atoms with Gasteiger partial charge in [0.2, 0.25) is 0 Å². The Labute approximate surface area is 115 Å². The third-order valence-electron chi connectivity index (χ3n) is 4.00. The second-order valence-corrected chi connectivity index (χ2v) is 5.40. The topological polar surface area (TPSA) is 46.1 Å². The molecule has 0 bridgehead atoms. The van der Waals surface area contributed by atoms with E-state index in [1.54, 1.807) is 0 Å². The minimum Gasteiger partial charge on any atom is -0.348 e. The highest BCUT2D eigenvalue weighted by molar-refractivity contribution is 5.92. The van der Waals surface area contributed by atoms with Crippen LogP contribution in [0.25, 0.3) is 0 Å². The van der Waals surface area contributed by atoms with E-state index in [4.69, 9.17) is 0 Å². The lowest BCUT2D eigenvalue weighted by Crippen LogP contribution is -2.41. The third kappa shape index (κ3) is 3.60. The van der Waals surface area contributed by atoms with Gasteiger partial charge in [0.25, 0.3) is 5.91 Å². The lowest BCUT2D eigenvalue weighted by Gasteiger charge is -2.28. The zero-order valence-corrected chi connectivity index (χ0v) is 12.0. The quantitative estimate of drug-likeness (QED) is 0.855.